The molecule has 4 heteroatoms. The van der Waals surface area contributed by atoms with E-state index in [2.05, 4.69) is 21.7 Å². The highest BCUT2D eigenvalue weighted by Gasteiger charge is 2.25. The summed E-state index contributed by atoms with van der Waals surface area (Å²) in [5.74, 6) is 0.0651. The van der Waals surface area contributed by atoms with Crippen molar-refractivity contribution in [3.8, 4) is 0 Å². The lowest BCUT2D eigenvalue weighted by Gasteiger charge is -2.11. The van der Waals surface area contributed by atoms with E-state index in [-0.39, 0.29) is 11.9 Å². The molecule has 0 saturated heterocycles. The Bertz CT molecular complexity index is 573. The van der Waals surface area contributed by atoms with E-state index in [0.29, 0.717) is 6.54 Å². The molecule has 0 spiro atoms. The van der Waals surface area contributed by atoms with Gasteiger partial charge in [0, 0.05) is 31.0 Å². The molecule has 20 heavy (non-hydrogen) atoms. The van der Waals surface area contributed by atoms with Gasteiger partial charge in [-0.05, 0) is 35.7 Å². The molecule has 102 valence electrons. The van der Waals surface area contributed by atoms with Gasteiger partial charge in [0.25, 0.3) is 0 Å². The Labute approximate surface area is 118 Å². The molecule has 0 aliphatic carbocycles. The smallest absolute Gasteiger partial charge is 0.242 e. The summed E-state index contributed by atoms with van der Waals surface area (Å²) >= 11 is 0. The van der Waals surface area contributed by atoms with Crippen LogP contribution in [0.1, 0.15) is 11.1 Å². The SMILES string of the molecule is O=C(NCCc1ccncc1)C1Cc2ccccc2N1. The van der Waals surface area contributed by atoms with Crippen LogP contribution in [0.15, 0.2) is 48.8 Å². The third-order valence-corrected chi connectivity index (χ3v) is 3.55. The Balaban J connectivity index is 1.49. The quantitative estimate of drug-likeness (QED) is 0.888. The van der Waals surface area contributed by atoms with Crippen molar-refractivity contribution in [3.05, 3.63) is 59.9 Å². The van der Waals surface area contributed by atoms with E-state index >= 15 is 0 Å². The molecule has 1 aliphatic heterocycles. The number of anilines is 1. The number of carbonyl (C=O) groups is 1. The van der Waals surface area contributed by atoms with E-state index in [1.165, 1.54) is 11.1 Å². The summed E-state index contributed by atoms with van der Waals surface area (Å²) in [6.07, 6.45) is 5.13. The summed E-state index contributed by atoms with van der Waals surface area (Å²) in [5.41, 5.74) is 3.46. The van der Waals surface area contributed by atoms with Gasteiger partial charge in [-0.15, -0.1) is 0 Å². The predicted octanol–water partition coefficient (Wildman–Crippen LogP) is 1.78. The average Bonchev–Trinajstić information content (AvgIpc) is 2.92. The van der Waals surface area contributed by atoms with Crippen LogP contribution in [0, 0.1) is 0 Å². The maximum Gasteiger partial charge on any atom is 0.242 e. The molecule has 0 saturated carbocycles. The van der Waals surface area contributed by atoms with E-state index in [1.54, 1.807) is 12.4 Å². The van der Waals surface area contributed by atoms with E-state index in [1.807, 2.05) is 30.3 Å². The van der Waals surface area contributed by atoms with Gasteiger partial charge < -0.3 is 10.6 Å². The molecular formula is C16H17N3O. The number of aromatic nitrogens is 1. The number of carbonyl (C=O) groups excluding carboxylic acids is 1. The lowest BCUT2D eigenvalue weighted by atomic mass is 10.1. The standard InChI is InChI=1S/C16H17N3O/c20-16(18-10-7-12-5-8-17-9-6-12)15-11-13-3-1-2-4-14(13)19-15/h1-6,8-9,15,19H,7,10-11H2,(H,18,20). The Kier molecular flexibility index (Phi) is 3.63. The van der Waals surface area contributed by atoms with Crippen LogP contribution < -0.4 is 10.6 Å². The molecule has 1 atom stereocenters. The summed E-state index contributed by atoms with van der Waals surface area (Å²) < 4.78 is 0. The predicted molar refractivity (Wildman–Crippen MR) is 78.5 cm³/mol. The first kappa shape index (κ1) is 12.7. The highest BCUT2D eigenvalue weighted by atomic mass is 16.2. The topological polar surface area (TPSA) is 54.0 Å². The first-order valence-electron chi connectivity index (χ1n) is 6.84. The van der Waals surface area contributed by atoms with Gasteiger partial charge in [-0.3, -0.25) is 9.78 Å². The maximum absolute atomic E-state index is 12.1. The normalized spacial score (nSPS) is 16.3. The van der Waals surface area contributed by atoms with Crippen LogP contribution in [0.5, 0.6) is 0 Å². The Hall–Kier alpha value is -2.36. The van der Waals surface area contributed by atoms with E-state index < -0.39 is 0 Å². The van der Waals surface area contributed by atoms with Gasteiger partial charge in [-0.25, -0.2) is 0 Å². The van der Waals surface area contributed by atoms with Crippen LogP contribution in [-0.2, 0) is 17.6 Å². The van der Waals surface area contributed by atoms with Gasteiger partial charge in [0.05, 0.1) is 0 Å². The maximum atomic E-state index is 12.1. The fourth-order valence-electron chi connectivity index (χ4n) is 2.46. The Morgan fingerprint density at radius 2 is 2.05 bits per heavy atom. The second kappa shape index (κ2) is 5.74. The summed E-state index contributed by atoms with van der Waals surface area (Å²) in [4.78, 5) is 16.1. The first-order chi connectivity index (χ1) is 9.83. The summed E-state index contributed by atoms with van der Waals surface area (Å²) in [7, 11) is 0. The Morgan fingerprint density at radius 1 is 1.25 bits per heavy atom. The average molecular weight is 267 g/mol. The molecule has 1 aromatic carbocycles. The van der Waals surface area contributed by atoms with Gasteiger partial charge >= 0.3 is 0 Å². The minimum atomic E-state index is -0.148. The van der Waals surface area contributed by atoms with Crippen LogP contribution in [0.2, 0.25) is 0 Å². The fourth-order valence-corrected chi connectivity index (χ4v) is 2.46. The highest BCUT2D eigenvalue weighted by molar-refractivity contribution is 5.87. The van der Waals surface area contributed by atoms with Crippen molar-refractivity contribution in [1.82, 2.24) is 10.3 Å². The molecule has 1 aliphatic rings. The van der Waals surface area contributed by atoms with Gasteiger partial charge in [-0.2, -0.15) is 0 Å². The molecule has 2 N–H and O–H groups in total. The molecule has 0 bridgehead atoms. The number of pyridine rings is 1. The number of nitrogens with one attached hydrogen (secondary N) is 2. The number of rotatable bonds is 4. The summed E-state index contributed by atoms with van der Waals surface area (Å²) in [6, 6.07) is 11.8. The minimum absolute atomic E-state index is 0.0651. The summed E-state index contributed by atoms with van der Waals surface area (Å²) in [5, 5.41) is 6.25. The number of benzene rings is 1. The van der Waals surface area contributed by atoms with Crippen LogP contribution in [0.3, 0.4) is 0 Å². The first-order valence-corrected chi connectivity index (χ1v) is 6.84. The van der Waals surface area contributed by atoms with Crippen molar-refractivity contribution in [1.29, 1.82) is 0 Å². The molecule has 1 amide bonds. The molecule has 2 heterocycles. The number of hydrogen-bond donors (Lipinski definition) is 2. The summed E-state index contributed by atoms with van der Waals surface area (Å²) in [6.45, 7) is 0.650. The number of nitrogens with zero attached hydrogens (tertiary/aromatic N) is 1. The molecule has 1 aromatic heterocycles. The zero-order valence-electron chi connectivity index (χ0n) is 11.2. The molecule has 2 aromatic rings. The molecule has 0 radical (unpaired) electrons. The second-order valence-electron chi connectivity index (χ2n) is 4.95. The monoisotopic (exact) mass is 267 g/mol. The zero-order chi connectivity index (χ0) is 13.8. The minimum Gasteiger partial charge on any atom is -0.373 e. The number of amides is 1. The number of para-hydroxylation sites is 1. The van der Waals surface area contributed by atoms with Crippen molar-refractivity contribution >= 4 is 11.6 Å². The molecule has 0 fully saturated rings. The zero-order valence-corrected chi connectivity index (χ0v) is 11.2. The lowest BCUT2D eigenvalue weighted by molar-refractivity contribution is -0.121. The van der Waals surface area contributed by atoms with E-state index in [9.17, 15) is 4.79 Å². The van der Waals surface area contributed by atoms with Crippen LogP contribution >= 0.6 is 0 Å². The van der Waals surface area contributed by atoms with Crippen molar-refractivity contribution in [2.75, 3.05) is 11.9 Å². The number of hydrogen-bond acceptors (Lipinski definition) is 3. The molecule has 1 unspecified atom stereocenters. The van der Waals surface area contributed by atoms with Crippen molar-refractivity contribution in [3.63, 3.8) is 0 Å². The molecular weight excluding hydrogens is 250 g/mol. The molecule has 3 rings (SSSR count). The fraction of sp³-hybridized carbons (Fsp3) is 0.250. The van der Waals surface area contributed by atoms with Crippen molar-refractivity contribution in [2.45, 2.75) is 18.9 Å². The molecule has 4 nitrogen and oxygen atoms in total. The highest BCUT2D eigenvalue weighted by Crippen LogP contribution is 2.24. The second-order valence-corrected chi connectivity index (χ2v) is 4.95. The van der Waals surface area contributed by atoms with Gasteiger partial charge in [0.1, 0.15) is 6.04 Å². The third-order valence-electron chi connectivity index (χ3n) is 3.55. The van der Waals surface area contributed by atoms with Crippen LogP contribution in [-0.4, -0.2) is 23.5 Å². The van der Waals surface area contributed by atoms with Gasteiger partial charge in [-0.1, -0.05) is 18.2 Å². The van der Waals surface area contributed by atoms with Crippen LogP contribution in [0.25, 0.3) is 0 Å². The largest absolute Gasteiger partial charge is 0.373 e. The van der Waals surface area contributed by atoms with Gasteiger partial charge in [0.15, 0.2) is 0 Å². The van der Waals surface area contributed by atoms with E-state index in [4.69, 9.17) is 0 Å². The Morgan fingerprint density at radius 3 is 2.85 bits per heavy atom. The number of fused-ring (bicyclic) bond motifs is 1. The third kappa shape index (κ3) is 2.79. The van der Waals surface area contributed by atoms with Crippen LogP contribution in [0.4, 0.5) is 5.69 Å². The lowest BCUT2D eigenvalue weighted by Crippen LogP contribution is -2.39. The van der Waals surface area contributed by atoms with Gasteiger partial charge in [0.2, 0.25) is 5.91 Å². The van der Waals surface area contributed by atoms with E-state index in [0.717, 1.165) is 18.5 Å². The van der Waals surface area contributed by atoms with Crippen molar-refractivity contribution < 1.29 is 4.79 Å². The van der Waals surface area contributed by atoms with Crippen molar-refractivity contribution in [2.24, 2.45) is 0 Å².